The van der Waals surface area contributed by atoms with E-state index in [1.165, 1.54) is 5.56 Å². The Morgan fingerprint density at radius 2 is 1.88 bits per heavy atom. The zero-order valence-electron chi connectivity index (χ0n) is 10.7. The van der Waals surface area contributed by atoms with Crippen molar-refractivity contribution in [3.8, 4) is 0 Å². The summed E-state index contributed by atoms with van der Waals surface area (Å²) in [5, 5.41) is 1.76. The Labute approximate surface area is 118 Å². The Morgan fingerprint density at radius 1 is 1.29 bits per heavy atom. The lowest BCUT2D eigenvalue weighted by atomic mass is 9.91. The van der Waals surface area contributed by atoms with Crippen molar-refractivity contribution in [3.63, 3.8) is 0 Å². The first-order chi connectivity index (χ1) is 7.98. The number of hydrogen-bond acceptors (Lipinski definition) is 1. The Bertz CT molecular complexity index is 335. The average molecular weight is 320 g/mol. The highest BCUT2D eigenvalue weighted by Crippen LogP contribution is 2.28. The molecular weight excluding hydrogens is 300 g/mol. The summed E-state index contributed by atoms with van der Waals surface area (Å²) in [7, 11) is 1.77. The first-order valence-corrected chi connectivity index (χ1v) is 7.35. The smallest absolute Gasteiger partial charge is 0.0623 e. The number of benzene rings is 1. The molecule has 96 valence electrons. The minimum Gasteiger partial charge on any atom is -0.379 e. The van der Waals surface area contributed by atoms with Gasteiger partial charge in [-0.2, -0.15) is 0 Å². The van der Waals surface area contributed by atoms with Crippen molar-refractivity contribution in [3.05, 3.63) is 34.9 Å². The van der Waals surface area contributed by atoms with Crippen molar-refractivity contribution in [2.75, 3.05) is 12.4 Å². The van der Waals surface area contributed by atoms with Gasteiger partial charge in [0.15, 0.2) is 0 Å². The van der Waals surface area contributed by atoms with E-state index in [-0.39, 0.29) is 5.60 Å². The van der Waals surface area contributed by atoms with Crippen LogP contribution in [0.1, 0.15) is 38.2 Å². The molecule has 1 unspecified atom stereocenters. The minimum atomic E-state index is -0.0488. The summed E-state index contributed by atoms with van der Waals surface area (Å²) in [6.07, 6.45) is 2.15. The number of methoxy groups -OCH3 is 1. The van der Waals surface area contributed by atoms with E-state index < -0.39 is 0 Å². The highest BCUT2D eigenvalue weighted by atomic mass is 79.9. The van der Waals surface area contributed by atoms with Gasteiger partial charge in [0.2, 0.25) is 0 Å². The van der Waals surface area contributed by atoms with Crippen LogP contribution in [0.4, 0.5) is 0 Å². The lowest BCUT2D eigenvalue weighted by Crippen LogP contribution is -2.23. The maximum absolute atomic E-state index is 5.90. The molecule has 0 aliphatic heterocycles. The van der Waals surface area contributed by atoms with Gasteiger partial charge in [0.25, 0.3) is 0 Å². The molecule has 0 fully saturated rings. The van der Waals surface area contributed by atoms with E-state index in [0.29, 0.717) is 5.92 Å². The van der Waals surface area contributed by atoms with Crippen LogP contribution in [0.5, 0.6) is 0 Å². The van der Waals surface area contributed by atoms with Crippen LogP contribution in [0.2, 0.25) is 5.02 Å². The third-order valence-electron chi connectivity index (χ3n) is 3.18. The van der Waals surface area contributed by atoms with E-state index in [4.69, 9.17) is 16.3 Å². The van der Waals surface area contributed by atoms with Crippen molar-refractivity contribution < 1.29 is 4.74 Å². The average Bonchev–Trinajstić information content (AvgIpc) is 2.32. The molecule has 0 saturated carbocycles. The molecule has 0 saturated heterocycles. The molecule has 1 aromatic carbocycles. The predicted molar refractivity (Wildman–Crippen MR) is 78.3 cm³/mol. The van der Waals surface area contributed by atoms with Crippen LogP contribution < -0.4 is 0 Å². The van der Waals surface area contributed by atoms with Crippen molar-refractivity contribution in [2.24, 2.45) is 0 Å². The molecule has 0 amide bonds. The molecule has 1 rings (SSSR count). The van der Waals surface area contributed by atoms with Crippen molar-refractivity contribution >= 4 is 27.5 Å². The molecule has 0 radical (unpaired) electrons. The fourth-order valence-electron chi connectivity index (χ4n) is 1.69. The van der Waals surface area contributed by atoms with E-state index in [9.17, 15) is 0 Å². The summed E-state index contributed by atoms with van der Waals surface area (Å²) in [5.74, 6) is 0.515. The fourth-order valence-corrected chi connectivity index (χ4v) is 2.52. The largest absolute Gasteiger partial charge is 0.379 e. The lowest BCUT2D eigenvalue weighted by Gasteiger charge is -2.25. The Morgan fingerprint density at radius 3 is 2.35 bits per heavy atom. The monoisotopic (exact) mass is 318 g/mol. The van der Waals surface area contributed by atoms with Crippen LogP contribution in [-0.4, -0.2) is 18.0 Å². The normalized spacial score (nSPS) is 13.7. The van der Waals surface area contributed by atoms with Crippen molar-refractivity contribution in [1.29, 1.82) is 0 Å². The van der Waals surface area contributed by atoms with E-state index in [1.807, 2.05) is 12.1 Å². The SMILES string of the molecule is COC(C)(C)CCC(CBr)c1ccc(Cl)cc1. The summed E-state index contributed by atoms with van der Waals surface area (Å²) >= 11 is 9.49. The Kier molecular flexibility index (Phi) is 5.98. The molecule has 3 heteroatoms. The third kappa shape index (κ3) is 4.99. The summed E-state index contributed by atoms with van der Waals surface area (Å²) in [4.78, 5) is 0. The number of ether oxygens (including phenoxy) is 1. The number of halogens is 2. The Balaban J connectivity index is 2.63. The second kappa shape index (κ2) is 6.77. The van der Waals surface area contributed by atoms with Gasteiger partial charge in [0, 0.05) is 17.5 Å². The predicted octanol–water partition coefficient (Wildman–Crippen LogP) is 5.02. The number of alkyl halides is 1. The summed E-state index contributed by atoms with van der Waals surface area (Å²) in [6.45, 7) is 4.25. The molecule has 0 aliphatic carbocycles. The maximum atomic E-state index is 5.90. The first-order valence-electron chi connectivity index (χ1n) is 5.85. The third-order valence-corrected chi connectivity index (χ3v) is 4.21. The Hall–Kier alpha value is -0.0500. The topological polar surface area (TPSA) is 9.23 Å². The molecule has 0 heterocycles. The first kappa shape index (κ1) is 15.0. The van der Waals surface area contributed by atoms with Crippen LogP contribution in [0.25, 0.3) is 0 Å². The molecule has 0 aromatic heterocycles. The van der Waals surface area contributed by atoms with Crippen LogP contribution in [0, 0.1) is 0 Å². The van der Waals surface area contributed by atoms with Crippen LogP contribution in [-0.2, 0) is 4.74 Å². The molecule has 1 nitrogen and oxygen atoms in total. The summed E-state index contributed by atoms with van der Waals surface area (Å²) in [5.41, 5.74) is 1.28. The van der Waals surface area contributed by atoms with E-state index in [2.05, 4.69) is 41.9 Å². The van der Waals surface area contributed by atoms with Crippen molar-refractivity contribution in [2.45, 2.75) is 38.2 Å². The highest BCUT2D eigenvalue weighted by Gasteiger charge is 2.19. The molecule has 1 atom stereocenters. The highest BCUT2D eigenvalue weighted by molar-refractivity contribution is 9.09. The van der Waals surface area contributed by atoms with Gasteiger partial charge in [-0.3, -0.25) is 0 Å². The van der Waals surface area contributed by atoms with Gasteiger partial charge >= 0.3 is 0 Å². The van der Waals surface area contributed by atoms with Gasteiger partial charge < -0.3 is 4.74 Å². The van der Waals surface area contributed by atoms with Crippen LogP contribution in [0.3, 0.4) is 0 Å². The van der Waals surface area contributed by atoms with Crippen LogP contribution in [0.15, 0.2) is 24.3 Å². The standard InChI is InChI=1S/C14H20BrClO/c1-14(2,17-3)9-8-12(10-15)11-4-6-13(16)7-5-11/h4-7,12H,8-10H2,1-3H3. The van der Waals surface area contributed by atoms with Gasteiger partial charge in [-0.15, -0.1) is 0 Å². The van der Waals surface area contributed by atoms with Gasteiger partial charge in [-0.05, 0) is 50.3 Å². The van der Waals surface area contributed by atoms with Gasteiger partial charge in [-0.25, -0.2) is 0 Å². The van der Waals surface area contributed by atoms with E-state index >= 15 is 0 Å². The molecule has 0 spiro atoms. The summed E-state index contributed by atoms with van der Waals surface area (Å²) < 4.78 is 5.45. The number of hydrogen-bond donors (Lipinski definition) is 0. The zero-order chi connectivity index (χ0) is 12.9. The summed E-state index contributed by atoms with van der Waals surface area (Å²) in [6, 6.07) is 8.12. The lowest BCUT2D eigenvalue weighted by molar-refractivity contribution is 0.0128. The quantitative estimate of drug-likeness (QED) is 0.669. The fraction of sp³-hybridized carbons (Fsp3) is 0.571. The van der Waals surface area contributed by atoms with Crippen LogP contribution >= 0.6 is 27.5 Å². The van der Waals surface area contributed by atoms with E-state index in [1.54, 1.807) is 7.11 Å². The maximum Gasteiger partial charge on any atom is 0.0623 e. The molecular formula is C14H20BrClO. The molecule has 17 heavy (non-hydrogen) atoms. The zero-order valence-corrected chi connectivity index (χ0v) is 13.0. The van der Waals surface area contributed by atoms with Gasteiger partial charge in [-0.1, -0.05) is 39.7 Å². The molecule has 0 aliphatic rings. The molecule has 0 bridgehead atoms. The second-order valence-corrected chi connectivity index (χ2v) is 5.99. The second-order valence-electron chi connectivity index (χ2n) is 4.91. The molecule has 1 aromatic rings. The molecule has 0 N–H and O–H groups in total. The van der Waals surface area contributed by atoms with Gasteiger partial charge in [0.05, 0.1) is 5.60 Å². The number of rotatable bonds is 6. The van der Waals surface area contributed by atoms with Gasteiger partial charge in [0.1, 0.15) is 0 Å². The minimum absolute atomic E-state index is 0.0488. The van der Waals surface area contributed by atoms with E-state index in [0.717, 1.165) is 23.2 Å². The van der Waals surface area contributed by atoms with Crippen molar-refractivity contribution in [1.82, 2.24) is 0 Å².